The molecule has 0 saturated carbocycles. The molecule has 0 spiro atoms. The number of urea groups is 1. The summed E-state index contributed by atoms with van der Waals surface area (Å²) in [6.45, 7) is 6.09. The van der Waals surface area contributed by atoms with Crippen molar-refractivity contribution in [3.05, 3.63) is 119 Å². The highest BCUT2D eigenvalue weighted by Crippen LogP contribution is 2.29. The normalized spacial score (nSPS) is 12.4. The average Bonchev–Trinajstić information content (AvgIpc) is 2.93. The van der Waals surface area contributed by atoms with E-state index in [1.54, 1.807) is 42.5 Å². The Hall–Kier alpha value is -3.89. The van der Waals surface area contributed by atoms with Crippen LogP contribution in [-0.2, 0) is 21.2 Å². The lowest BCUT2D eigenvalue weighted by Crippen LogP contribution is -2.42. The van der Waals surface area contributed by atoms with Crippen LogP contribution in [0.2, 0.25) is 10.0 Å². The smallest absolute Gasteiger partial charge is 0.322 e. The number of carboxylic acid groups (broad SMARTS) is 1. The molecule has 214 valence electrons. The summed E-state index contributed by atoms with van der Waals surface area (Å²) in [7, 11) is -4.26. The summed E-state index contributed by atoms with van der Waals surface area (Å²) in [6.07, 6.45) is 7.31. The van der Waals surface area contributed by atoms with Gasteiger partial charge in [-0.05, 0) is 59.9 Å². The molecule has 0 radical (unpaired) electrons. The summed E-state index contributed by atoms with van der Waals surface area (Å²) in [6, 6.07) is 16.5. The van der Waals surface area contributed by atoms with Gasteiger partial charge in [-0.2, -0.15) is 4.72 Å². The molecular weight excluding hydrogens is 585 g/mol. The monoisotopic (exact) mass is 613 g/mol. The van der Waals surface area contributed by atoms with Crippen LogP contribution < -0.4 is 15.4 Å². The van der Waals surface area contributed by atoms with Crippen molar-refractivity contribution in [2.75, 3.05) is 11.9 Å². The second-order valence-corrected chi connectivity index (χ2v) is 11.4. The third-order valence-corrected chi connectivity index (χ3v) is 8.21. The number of amides is 2. The largest absolute Gasteiger partial charge is 0.480 e. The van der Waals surface area contributed by atoms with Crippen molar-refractivity contribution in [1.82, 2.24) is 10.0 Å². The minimum Gasteiger partial charge on any atom is -0.480 e. The zero-order valence-electron chi connectivity index (χ0n) is 22.1. The molecule has 0 fully saturated rings. The predicted octanol–water partition coefficient (Wildman–Crippen LogP) is 6.44. The third kappa shape index (κ3) is 9.33. The van der Waals surface area contributed by atoms with E-state index in [0.29, 0.717) is 17.8 Å². The number of benzene rings is 3. The lowest BCUT2D eigenvalue weighted by Gasteiger charge is -2.16. The fourth-order valence-corrected chi connectivity index (χ4v) is 5.65. The Balaban J connectivity index is 1.66. The molecule has 8 nitrogen and oxygen atoms in total. The average molecular weight is 615 g/mol. The van der Waals surface area contributed by atoms with E-state index in [1.807, 2.05) is 37.3 Å². The topological polar surface area (TPSA) is 125 Å². The molecule has 3 aromatic carbocycles. The first-order valence-corrected chi connectivity index (χ1v) is 14.6. The molecule has 0 aliphatic rings. The summed E-state index contributed by atoms with van der Waals surface area (Å²) < 4.78 is 27.8. The maximum Gasteiger partial charge on any atom is 0.322 e. The highest BCUT2D eigenvalue weighted by molar-refractivity contribution is 7.89. The molecule has 0 saturated heterocycles. The van der Waals surface area contributed by atoms with Crippen LogP contribution in [0.25, 0.3) is 11.1 Å². The number of aliphatic carboxylic acids is 1. The number of hydrogen-bond donors (Lipinski definition) is 4. The van der Waals surface area contributed by atoms with Crippen LogP contribution in [0.3, 0.4) is 0 Å². The van der Waals surface area contributed by atoms with Crippen molar-refractivity contribution in [3.8, 4) is 11.1 Å². The molecule has 0 bridgehead atoms. The third-order valence-electron chi connectivity index (χ3n) is 5.76. The van der Waals surface area contributed by atoms with E-state index >= 15 is 0 Å². The van der Waals surface area contributed by atoms with Crippen LogP contribution >= 0.6 is 23.2 Å². The van der Waals surface area contributed by atoms with E-state index in [-0.39, 0.29) is 27.4 Å². The summed E-state index contributed by atoms with van der Waals surface area (Å²) in [5, 5.41) is 15.1. The number of carboxylic acids is 1. The van der Waals surface area contributed by atoms with Crippen molar-refractivity contribution in [2.45, 2.75) is 24.3 Å². The number of sulfonamides is 1. The molecule has 1 unspecified atom stereocenters. The highest BCUT2D eigenvalue weighted by Gasteiger charge is 2.28. The van der Waals surface area contributed by atoms with Gasteiger partial charge >= 0.3 is 12.0 Å². The molecule has 3 rings (SSSR count). The number of nitrogens with one attached hydrogen (secondary N) is 3. The first-order chi connectivity index (χ1) is 19.5. The number of anilines is 1. The Labute approximate surface area is 249 Å². The fraction of sp³-hybridized carbons (Fsp3) is 0.133. The van der Waals surface area contributed by atoms with Crippen LogP contribution in [-0.4, -0.2) is 38.1 Å². The lowest BCUT2D eigenvalue weighted by atomic mass is 10.0. The van der Waals surface area contributed by atoms with Gasteiger partial charge in [0.05, 0.1) is 10.0 Å². The Morgan fingerprint density at radius 3 is 2.39 bits per heavy atom. The molecule has 4 N–H and O–H groups in total. The van der Waals surface area contributed by atoms with Gasteiger partial charge < -0.3 is 15.7 Å². The molecule has 0 aromatic heterocycles. The molecule has 3 aromatic rings. The number of allylic oxidation sites excluding steroid dienone is 3. The number of hydrogen-bond acceptors (Lipinski definition) is 4. The minimum absolute atomic E-state index is 0.0379. The lowest BCUT2D eigenvalue weighted by molar-refractivity contribution is -0.138. The summed E-state index contributed by atoms with van der Waals surface area (Å²) in [5.74, 6) is -1.34. The Kier molecular flexibility index (Phi) is 11.3. The SMILES string of the molecule is C=C(/C=C\C=C/C)CNC(=O)Nc1cccc(-c2ccc(CC(NS(=O)(=O)c3cccc(Cl)c3Cl)C(=O)O)cc2)c1. The number of halogens is 2. The van der Waals surface area contributed by atoms with Crippen molar-refractivity contribution in [2.24, 2.45) is 0 Å². The molecule has 11 heteroatoms. The van der Waals surface area contributed by atoms with Crippen LogP contribution in [0.5, 0.6) is 0 Å². The Morgan fingerprint density at radius 1 is 1.00 bits per heavy atom. The van der Waals surface area contributed by atoms with E-state index in [2.05, 4.69) is 21.9 Å². The number of carbonyl (C=O) groups excluding carboxylic acids is 1. The van der Waals surface area contributed by atoms with E-state index in [1.165, 1.54) is 18.2 Å². The zero-order chi connectivity index (χ0) is 30.0. The molecule has 0 heterocycles. The molecule has 1 atom stereocenters. The maximum absolute atomic E-state index is 12.8. The highest BCUT2D eigenvalue weighted by atomic mass is 35.5. The van der Waals surface area contributed by atoms with E-state index in [4.69, 9.17) is 23.2 Å². The van der Waals surface area contributed by atoms with Gasteiger partial charge in [0, 0.05) is 12.2 Å². The van der Waals surface area contributed by atoms with Gasteiger partial charge in [-0.25, -0.2) is 13.2 Å². The Morgan fingerprint density at radius 2 is 1.71 bits per heavy atom. The number of rotatable bonds is 12. The maximum atomic E-state index is 12.8. The number of carbonyl (C=O) groups is 2. The second kappa shape index (κ2) is 14.7. The van der Waals surface area contributed by atoms with Gasteiger partial charge in [0.2, 0.25) is 10.0 Å². The summed E-state index contributed by atoms with van der Waals surface area (Å²) in [5.41, 5.74) is 3.56. The van der Waals surface area contributed by atoms with Gasteiger partial charge in [0.15, 0.2) is 0 Å². The molecule has 2 amide bonds. The first-order valence-electron chi connectivity index (χ1n) is 12.4. The fourth-order valence-electron chi connectivity index (χ4n) is 3.70. The Bertz CT molecular complexity index is 1590. The van der Waals surface area contributed by atoms with Gasteiger partial charge in [-0.1, -0.05) is 96.5 Å². The molecular formula is C30H29Cl2N3O5S. The van der Waals surface area contributed by atoms with Crippen molar-refractivity contribution < 1.29 is 23.1 Å². The van der Waals surface area contributed by atoms with Crippen LogP contribution in [0.4, 0.5) is 10.5 Å². The zero-order valence-corrected chi connectivity index (χ0v) is 24.4. The van der Waals surface area contributed by atoms with Crippen LogP contribution in [0, 0.1) is 0 Å². The first kappa shape index (κ1) is 31.6. The van der Waals surface area contributed by atoms with Gasteiger partial charge in [0.1, 0.15) is 10.9 Å². The second-order valence-electron chi connectivity index (χ2n) is 8.90. The van der Waals surface area contributed by atoms with Crippen molar-refractivity contribution >= 4 is 50.9 Å². The van der Waals surface area contributed by atoms with Gasteiger partial charge in [-0.15, -0.1) is 0 Å². The van der Waals surface area contributed by atoms with E-state index in [0.717, 1.165) is 16.7 Å². The van der Waals surface area contributed by atoms with Crippen molar-refractivity contribution in [3.63, 3.8) is 0 Å². The molecule has 41 heavy (non-hydrogen) atoms. The summed E-state index contributed by atoms with van der Waals surface area (Å²) in [4.78, 5) is 23.9. The van der Waals surface area contributed by atoms with Gasteiger partial charge in [0.25, 0.3) is 0 Å². The van der Waals surface area contributed by atoms with Crippen molar-refractivity contribution in [1.29, 1.82) is 0 Å². The van der Waals surface area contributed by atoms with E-state index in [9.17, 15) is 23.1 Å². The molecule has 0 aliphatic carbocycles. The predicted molar refractivity (Wildman–Crippen MR) is 164 cm³/mol. The van der Waals surface area contributed by atoms with Crippen LogP contribution in [0.1, 0.15) is 12.5 Å². The quantitative estimate of drug-likeness (QED) is 0.175. The van der Waals surface area contributed by atoms with Crippen LogP contribution in [0.15, 0.2) is 108 Å². The molecule has 0 aliphatic heterocycles. The summed E-state index contributed by atoms with van der Waals surface area (Å²) >= 11 is 12.0. The van der Waals surface area contributed by atoms with Gasteiger partial charge in [-0.3, -0.25) is 4.79 Å². The standard InChI is InChI=1S/C30H29Cl2N3O5S/c1-3-4-5-8-20(2)19-33-30(38)34-24-10-6-9-23(18-24)22-15-13-21(14-16-22)17-26(29(36)37)35-41(39,40)27-12-7-11-25(31)28(27)32/h3-16,18,26,35H,2,17,19H2,1H3,(H,36,37)(H2,33,34,38)/b4-3-,8-5-. The van der Waals surface area contributed by atoms with E-state index < -0.39 is 22.0 Å². The minimum atomic E-state index is -4.26.